The van der Waals surface area contributed by atoms with Crippen molar-refractivity contribution in [2.45, 2.75) is 56.9 Å². The molecular weight excluding hydrogens is 389 g/mol. The Labute approximate surface area is 175 Å². The van der Waals surface area contributed by atoms with Crippen molar-refractivity contribution < 1.29 is 18.7 Å². The van der Waals surface area contributed by atoms with E-state index in [9.17, 15) is 9.18 Å². The topological polar surface area (TPSA) is 90.3 Å². The number of carbonyl (C=O) groups is 1. The summed E-state index contributed by atoms with van der Waals surface area (Å²) < 4.78 is 26.1. The number of hydrogen-bond donors (Lipinski definition) is 2. The zero-order valence-electron chi connectivity index (χ0n) is 17.4. The maximum absolute atomic E-state index is 13.3. The van der Waals surface area contributed by atoms with Crippen molar-refractivity contribution in [2.75, 3.05) is 19.8 Å². The second kappa shape index (κ2) is 8.41. The minimum atomic E-state index is -0.635. The third kappa shape index (κ3) is 4.10. The maximum atomic E-state index is 13.3. The van der Waals surface area contributed by atoms with E-state index in [1.165, 1.54) is 10.9 Å². The summed E-state index contributed by atoms with van der Waals surface area (Å²) in [4.78, 5) is 17.6. The summed E-state index contributed by atoms with van der Waals surface area (Å²) >= 11 is 0. The predicted molar refractivity (Wildman–Crippen MR) is 107 cm³/mol. The highest BCUT2D eigenvalue weighted by Crippen LogP contribution is 2.40. The molecule has 1 aliphatic heterocycles. The predicted octanol–water partition coefficient (Wildman–Crippen LogP) is 2.25. The van der Waals surface area contributed by atoms with E-state index in [1.54, 1.807) is 12.3 Å². The van der Waals surface area contributed by atoms with E-state index in [2.05, 4.69) is 20.7 Å². The van der Waals surface area contributed by atoms with Crippen LogP contribution in [-0.2, 0) is 14.3 Å². The fraction of sp³-hybridized carbons (Fsp3) is 0.571. The molecule has 30 heavy (non-hydrogen) atoms. The molecule has 2 fully saturated rings. The fourth-order valence-corrected chi connectivity index (χ4v) is 4.30. The first kappa shape index (κ1) is 20.9. The number of amides is 1. The minimum Gasteiger partial charge on any atom is -0.348 e. The number of likely N-dealkylation sites (N-methyl/N-ethyl adjacent to an activating group) is 1. The molecule has 1 aliphatic carbocycles. The van der Waals surface area contributed by atoms with Crippen LogP contribution < -0.4 is 10.6 Å². The number of carbonyl (C=O) groups excluding carboxylic acids is 1. The molecule has 9 heteroatoms. The number of pyridine rings is 1. The second-order valence-electron chi connectivity index (χ2n) is 7.97. The molecule has 2 aliphatic rings. The summed E-state index contributed by atoms with van der Waals surface area (Å²) in [7, 11) is 0. The Hall–Kier alpha value is -2.36. The molecule has 2 N–H and O–H groups in total. The van der Waals surface area contributed by atoms with Crippen LogP contribution in [0.3, 0.4) is 0 Å². The molecule has 0 aromatic carbocycles. The van der Waals surface area contributed by atoms with Gasteiger partial charge in [-0.15, -0.1) is 0 Å². The van der Waals surface area contributed by atoms with E-state index >= 15 is 0 Å². The van der Waals surface area contributed by atoms with Gasteiger partial charge in [0, 0.05) is 19.0 Å². The molecule has 0 radical (unpaired) electrons. The summed E-state index contributed by atoms with van der Waals surface area (Å²) in [6.45, 7) is 5.87. The average Bonchev–Trinajstić information content (AvgIpc) is 3.40. The number of nitrogens with one attached hydrogen (secondary N) is 2. The molecule has 1 spiro atoms. The van der Waals surface area contributed by atoms with Crippen LogP contribution in [-0.4, -0.2) is 51.8 Å². The SMILES string of the molecule is CCNC1(C(=O)N[C@@H](C)c2ccc(-n3cc(F)cn3)nc2)CCC2(CC1)OCCO2. The van der Waals surface area contributed by atoms with E-state index in [0.717, 1.165) is 11.8 Å². The van der Waals surface area contributed by atoms with Crippen LogP contribution in [0.25, 0.3) is 5.82 Å². The van der Waals surface area contributed by atoms with Crippen LogP contribution in [0.1, 0.15) is 51.1 Å². The van der Waals surface area contributed by atoms with E-state index in [-0.39, 0.29) is 11.9 Å². The molecule has 1 amide bonds. The van der Waals surface area contributed by atoms with Gasteiger partial charge in [0.1, 0.15) is 0 Å². The largest absolute Gasteiger partial charge is 0.348 e. The molecule has 0 unspecified atom stereocenters. The Balaban J connectivity index is 1.42. The molecule has 162 valence electrons. The smallest absolute Gasteiger partial charge is 0.240 e. The van der Waals surface area contributed by atoms with Gasteiger partial charge < -0.3 is 20.1 Å². The highest BCUT2D eigenvalue weighted by molar-refractivity contribution is 5.86. The first-order valence-corrected chi connectivity index (χ1v) is 10.5. The summed E-state index contributed by atoms with van der Waals surface area (Å²) in [6, 6.07) is 3.39. The Morgan fingerprint density at radius 1 is 1.23 bits per heavy atom. The molecule has 2 aromatic rings. The maximum Gasteiger partial charge on any atom is 0.240 e. The van der Waals surface area contributed by atoms with Crippen molar-refractivity contribution >= 4 is 5.91 Å². The Bertz CT molecular complexity index is 869. The van der Waals surface area contributed by atoms with Crippen LogP contribution >= 0.6 is 0 Å². The lowest BCUT2D eigenvalue weighted by atomic mass is 9.77. The molecule has 1 saturated heterocycles. The highest BCUT2D eigenvalue weighted by atomic mass is 19.1. The number of rotatable bonds is 6. The van der Waals surface area contributed by atoms with E-state index < -0.39 is 17.1 Å². The monoisotopic (exact) mass is 417 g/mol. The number of aromatic nitrogens is 3. The molecule has 4 rings (SSSR count). The van der Waals surface area contributed by atoms with Crippen LogP contribution in [0.5, 0.6) is 0 Å². The Kier molecular flexibility index (Phi) is 5.86. The number of halogens is 1. The van der Waals surface area contributed by atoms with Crippen molar-refractivity contribution in [1.82, 2.24) is 25.4 Å². The molecule has 2 aromatic heterocycles. The zero-order valence-corrected chi connectivity index (χ0v) is 17.4. The minimum absolute atomic E-state index is 0.0251. The van der Waals surface area contributed by atoms with Gasteiger partial charge in [-0.1, -0.05) is 13.0 Å². The van der Waals surface area contributed by atoms with E-state index in [4.69, 9.17) is 9.47 Å². The van der Waals surface area contributed by atoms with Gasteiger partial charge in [-0.25, -0.2) is 14.1 Å². The van der Waals surface area contributed by atoms with Crippen molar-refractivity contribution in [1.29, 1.82) is 0 Å². The zero-order chi connectivity index (χ0) is 21.2. The Morgan fingerprint density at radius 3 is 2.53 bits per heavy atom. The van der Waals surface area contributed by atoms with Crippen molar-refractivity contribution in [2.24, 2.45) is 0 Å². The molecule has 1 atom stereocenters. The van der Waals surface area contributed by atoms with Gasteiger partial charge in [-0.3, -0.25) is 4.79 Å². The second-order valence-corrected chi connectivity index (χ2v) is 7.97. The Morgan fingerprint density at radius 2 is 1.97 bits per heavy atom. The summed E-state index contributed by atoms with van der Waals surface area (Å²) in [5.41, 5.74) is 0.227. The third-order valence-corrected chi connectivity index (χ3v) is 6.03. The molecule has 1 saturated carbocycles. The summed E-state index contributed by atoms with van der Waals surface area (Å²) in [5, 5.41) is 10.4. The highest BCUT2D eigenvalue weighted by Gasteiger charge is 2.49. The van der Waals surface area contributed by atoms with Crippen LogP contribution in [0.15, 0.2) is 30.7 Å². The lowest BCUT2D eigenvalue weighted by Gasteiger charge is -2.43. The quantitative estimate of drug-likeness (QED) is 0.749. The molecule has 8 nitrogen and oxygen atoms in total. The van der Waals surface area contributed by atoms with E-state index in [0.29, 0.717) is 51.3 Å². The van der Waals surface area contributed by atoms with Gasteiger partial charge in [-0.2, -0.15) is 5.10 Å². The van der Waals surface area contributed by atoms with E-state index in [1.807, 2.05) is 19.9 Å². The van der Waals surface area contributed by atoms with Gasteiger partial charge in [-0.05, 0) is 37.9 Å². The average molecular weight is 417 g/mol. The van der Waals surface area contributed by atoms with Crippen molar-refractivity contribution in [3.8, 4) is 5.82 Å². The van der Waals surface area contributed by atoms with Crippen LogP contribution in [0.4, 0.5) is 4.39 Å². The van der Waals surface area contributed by atoms with Crippen molar-refractivity contribution in [3.63, 3.8) is 0 Å². The van der Waals surface area contributed by atoms with Gasteiger partial charge in [0.25, 0.3) is 0 Å². The van der Waals surface area contributed by atoms with Gasteiger partial charge in [0.2, 0.25) is 5.91 Å². The van der Waals surface area contributed by atoms with Gasteiger partial charge in [0.05, 0.1) is 37.2 Å². The first-order valence-electron chi connectivity index (χ1n) is 10.5. The van der Waals surface area contributed by atoms with Crippen LogP contribution in [0.2, 0.25) is 0 Å². The standard InChI is InChI=1S/C21H28FN5O3/c1-3-24-20(6-8-21(9-7-20)29-10-11-30-21)19(28)26-15(2)16-4-5-18(23-12-16)27-14-17(22)13-25-27/h4-5,12-15,24H,3,6-11H2,1-2H3,(H,26,28)/t15-/m0/s1. The van der Waals surface area contributed by atoms with Gasteiger partial charge >= 0.3 is 0 Å². The fourth-order valence-electron chi connectivity index (χ4n) is 4.30. The van der Waals surface area contributed by atoms with Crippen molar-refractivity contribution in [3.05, 3.63) is 42.1 Å². The summed E-state index contributed by atoms with van der Waals surface area (Å²) in [6.07, 6.45) is 6.77. The molecule has 0 bridgehead atoms. The molecule has 3 heterocycles. The lowest BCUT2D eigenvalue weighted by molar-refractivity contribution is -0.187. The molecular formula is C21H28FN5O3. The number of hydrogen-bond acceptors (Lipinski definition) is 6. The number of nitrogens with zero attached hydrogens (tertiary/aromatic N) is 3. The van der Waals surface area contributed by atoms with Crippen LogP contribution in [0, 0.1) is 5.82 Å². The normalized spacial score (nSPS) is 20.9. The summed E-state index contributed by atoms with van der Waals surface area (Å²) in [5.74, 6) is -0.448. The lowest BCUT2D eigenvalue weighted by Crippen LogP contribution is -2.61. The first-order chi connectivity index (χ1) is 14.5. The van der Waals surface area contributed by atoms with Gasteiger partial charge in [0.15, 0.2) is 17.4 Å². The number of ether oxygens (including phenoxy) is 2. The third-order valence-electron chi connectivity index (χ3n) is 6.03.